The van der Waals surface area contributed by atoms with Gasteiger partial charge in [-0.05, 0) is 50.5 Å². The number of allylic oxidation sites excluding steroid dienone is 6. The van der Waals surface area contributed by atoms with Crippen molar-refractivity contribution in [3.05, 3.63) is 64.7 Å². The lowest BCUT2D eigenvalue weighted by Gasteiger charge is -1.99. The van der Waals surface area contributed by atoms with Crippen molar-refractivity contribution in [1.82, 2.24) is 0 Å². The second-order valence-electron chi connectivity index (χ2n) is 3.84. The van der Waals surface area contributed by atoms with Crippen LogP contribution in [0.4, 0.5) is 0 Å². The van der Waals surface area contributed by atoms with Crippen LogP contribution in [0, 0.1) is 0 Å². The maximum atomic E-state index is 3.40. The van der Waals surface area contributed by atoms with Crippen molar-refractivity contribution in [2.45, 2.75) is 48.0 Å². The van der Waals surface area contributed by atoms with E-state index >= 15 is 0 Å². The fraction of sp³-hybridized carbons (Fsp3) is 0.368. The number of halogens is 1. The average Bonchev–Trinajstić information content (AvgIpc) is 2.50. The van der Waals surface area contributed by atoms with Crippen LogP contribution >= 0.6 is 15.9 Å². The first-order valence-corrected chi connectivity index (χ1v) is 8.11. The standard InChI is InChI=1S/C10H11Br.C7H12.C2H6/c1-3-8(2)9-4-6-10(11)7-5-9;1-3-5-7-6-4-2;1-2/h3-7H,1-2H3;3,5-7H,4H2,1-2H3;1-2H3/b8-3+;5-3-,7-6-;. The van der Waals surface area contributed by atoms with Crippen LogP contribution in [-0.2, 0) is 0 Å². The van der Waals surface area contributed by atoms with Gasteiger partial charge in [0.15, 0.2) is 0 Å². The molecule has 0 aliphatic heterocycles. The number of benzene rings is 1. The molecule has 0 N–H and O–H groups in total. The van der Waals surface area contributed by atoms with E-state index in [1.165, 1.54) is 11.1 Å². The van der Waals surface area contributed by atoms with Crippen molar-refractivity contribution < 1.29 is 0 Å². The molecule has 0 nitrogen and oxygen atoms in total. The summed E-state index contributed by atoms with van der Waals surface area (Å²) in [4.78, 5) is 0. The van der Waals surface area contributed by atoms with E-state index in [0.29, 0.717) is 0 Å². The van der Waals surface area contributed by atoms with Gasteiger partial charge in [-0.1, -0.05) is 79.2 Å². The Labute approximate surface area is 134 Å². The average molecular weight is 337 g/mol. The molecule has 1 aromatic rings. The molecule has 0 aliphatic carbocycles. The third-order valence-electron chi connectivity index (χ3n) is 2.41. The summed E-state index contributed by atoms with van der Waals surface area (Å²) >= 11 is 3.40. The highest BCUT2D eigenvalue weighted by molar-refractivity contribution is 9.10. The minimum atomic E-state index is 1.13. The smallest absolute Gasteiger partial charge is 0.0175 e. The van der Waals surface area contributed by atoms with Gasteiger partial charge in [-0.15, -0.1) is 0 Å². The molecule has 0 amide bonds. The van der Waals surface area contributed by atoms with Crippen LogP contribution in [0.25, 0.3) is 5.57 Å². The Balaban J connectivity index is 0. The zero-order valence-electron chi connectivity index (χ0n) is 13.8. The van der Waals surface area contributed by atoms with Crippen molar-refractivity contribution >= 4 is 21.5 Å². The van der Waals surface area contributed by atoms with Gasteiger partial charge in [-0.2, -0.15) is 0 Å². The predicted molar refractivity (Wildman–Crippen MR) is 99.1 cm³/mol. The van der Waals surface area contributed by atoms with Gasteiger partial charge in [0.05, 0.1) is 0 Å². The molecule has 0 saturated carbocycles. The van der Waals surface area contributed by atoms with Crippen LogP contribution in [0.3, 0.4) is 0 Å². The van der Waals surface area contributed by atoms with Gasteiger partial charge in [0.25, 0.3) is 0 Å². The Hall–Kier alpha value is -1.08. The molecule has 20 heavy (non-hydrogen) atoms. The zero-order chi connectivity index (χ0) is 15.8. The van der Waals surface area contributed by atoms with Crippen molar-refractivity contribution in [2.75, 3.05) is 0 Å². The third kappa shape index (κ3) is 12.0. The second-order valence-corrected chi connectivity index (χ2v) is 4.76. The summed E-state index contributed by atoms with van der Waals surface area (Å²) in [6, 6.07) is 8.34. The van der Waals surface area contributed by atoms with Crippen molar-refractivity contribution in [3.8, 4) is 0 Å². The lowest BCUT2D eigenvalue weighted by molar-refractivity contribution is 1.22. The molecule has 1 heteroatoms. The van der Waals surface area contributed by atoms with E-state index in [0.717, 1.165) is 10.9 Å². The summed E-state index contributed by atoms with van der Waals surface area (Å²) in [6.07, 6.45) is 11.5. The van der Waals surface area contributed by atoms with E-state index < -0.39 is 0 Å². The maximum Gasteiger partial charge on any atom is 0.0175 e. The molecule has 0 radical (unpaired) electrons. The number of rotatable bonds is 3. The molecule has 0 fully saturated rings. The second kappa shape index (κ2) is 16.0. The molecule has 0 aliphatic rings. The first-order valence-electron chi connectivity index (χ1n) is 7.32. The van der Waals surface area contributed by atoms with E-state index in [4.69, 9.17) is 0 Å². The molecule has 0 unspecified atom stereocenters. The van der Waals surface area contributed by atoms with Gasteiger partial charge in [0, 0.05) is 4.47 Å². The fourth-order valence-corrected chi connectivity index (χ4v) is 1.47. The number of hydrogen-bond donors (Lipinski definition) is 0. The van der Waals surface area contributed by atoms with Crippen molar-refractivity contribution in [1.29, 1.82) is 0 Å². The lowest BCUT2D eigenvalue weighted by Crippen LogP contribution is -1.76. The van der Waals surface area contributed by atoms with Gasteiger partial charge < -0.3 is 0 Å². The van der Waals surface area contributed by atoms with Crippen molar-refractivity contribution in [2.24, 2.45) is 0 Å². The highest BCUT2D eigenvalue weighted by atomic mass is 79.9. The van der Waals surface area contributed by atoms with Gasteiger partial charge >= 0.3 is 0 Å². The predicted octanol–water partition coefficient (Wildman–Crippen LogP) is 7.43. The van der Waals surface area contributed by atoms with E-state index in [-0.39, 0.29) is 0 Å². The van der Waals surface area contributed by atoms with Crippen LogP contribution in [0.2, 0.25) is 0 Å². The summed E-state index contributed by atoms with van der Waals surface area (Å²) in [5.41, 5.74) is 2.60. The van der Waals surface area contributed by atoms with E-state index in [1.807, 2.05) is 32.9 Å². The van der Waals surface area contributed by atoms with Crippen LogP contribution in [0.15, 0.2) is 59.1 Å². The molecule has 1 rings (SSSR count). The summed E-state index contributed by atoms with van der Waals surface area (Å²) in [5.74, 6) is 0. The molecular formula is C19H29Br. The van der Waals surface area contributed by atoms with Gasteiger partial charge in [0.2, 0.25) is 0 Å². The molecule has 112 valence electrons. The van der Waals surface area contributed by atoms with Gasteiger partial charge in [0.1, 0.15) is 0 Å². The Morgan fingerprint density at radius 1 is 1.05 bits per heavy atom. The summed E-state index contributed by atoms with van der Waals surface area (Å²) < 4.78 is 1.13. The lowest BCUT2D eigenvalue weighted by atomic mass is 10.1. The summed E-state index contributed by atoms with van der Waals surface area (Å²) in [7, 11) is 0. The molecule has 0 aromatic heterocycles. The molecule has 0 spiro atoms. The van der Waals surface area contributed by atoms with Gasteiger partial charge in [-0.3, -0.25) is 0 Å². The SMILES string of the molecule is C/C=C(\C)c1ccc(Br)cc1.C/C=C\C=C/CC.CC. The fourth-order valence-electron chi connectivity index (χ4n) is 1.21. The minimum absolute atomic E-state index is 1.13. The van der Waals surface area contributed by atoms with Crippen LogP contribution in [-0.4, -0.2) is 0 Å². The van der Waals surface area contributed by atoms with E-state index in [9.17, 15) is 0 Å². The quantitative estimate of drug-likeness (QED) is 0.503. The Morgan fingerprint density at radius 3 is 2.00 bits per heavy atom. The first-order chi connectivity index (χ1) is 9.65. The largest absolute Gasteiger partial charge is 0.0877 e. The van der Waals surface area contributed by atoms with Crippen LogP contribution in [0.1, 0.15) is 53.5 Å². The molecule has 0 saturated heterocycles. The molecule has 0 atom stereocenters. The Bertz CT molecular complexity index is 394. The summed E-state index contributed by atoms with van der Waals surface area (Å²) in [5, 5.41) is 0. The number of hydrogen-bond acceptors (Lipinski definition) is 0. The topological polar surface area (TPSA) is 0 Å². The monoisotopic (exact) mass is 336 g/mol. The van der Waals surface area contributed by atoms with E-state index in [1.54, 1.807) is 0 Å². The molecule has 0 heterocycles. The minimum Gasteiger partial charge on any atom is -0.0877 e. The van der Waals surface area contributed by atoms with E-state index in [2.05, 4.69) is 79.2 Å². The van der Waals surface area contributed by atoms with Crippen molar-refractivity contribution in [3.63, 3.8) is 0 Å². The highest BCUT2D eigenvalue weighted by Crippen LogP contribution is 2.16. The third-order valence-corrected chi connectivity index (χ3v) is 2.94. The molecule has 1 aromatic carbocycles. The Morgan fingerprint density at radius 2 is 1.60 bits per heavy atom. The first kappa shape index (κ1) is 21.2. The molecular weight excluding hydrogens is 308 g/mol. The van der Waals surface area contributed by atoms with Crippen LogP contribution in [0.5, 0.6) is 0 Å². The highest BCUT2D eigenvalue weighted by Gasteiger charge is 1.92. The van der Waals surface area contributed by atoms with Crippen LogP contribution < -0.4 is 0 Å². The normalized spacial score (nSPS) is 10.8. The maximum absolute atomic E-state index is 3.40. The summed E-state index contributed by atoms with van der Waals surface area (Å²) in [6.45, 7) is 12.3. The zero-order valence-corrected chi connectivity index (χ0v) is 15.4. The van der Waals surface area contributed by atoms with Gasteiger partial charge in [-0.25, -0.2) is 0 Å². The Kier molecular flexibility index (Phi) is 17.0. The molecule has 0 bridgehead atoms.